The quantitative estimate of drug-likeness (QED) is 0.287. The molecule has 0 radical (unpaired) electrons. The fourth-order valence-electron chi connectivity index (χ4n) is 5.96. The number of rotatable bonds is 6. The van der Waals surface area contributed by atoms with Crippen LogP contribution in [0.15, 0.2) is 103 Å². The Bertz CT molecular complexity index is 1610. The first-order valence-corrected chi connectivity index (χ1v) is 13.0. The summed E-state index contributed by atoms with van der Waals surface area (Å²) in [5, 5.41) is 11.8. The fraction of sp³-hybridized carbons (Fsp3) is 0.226. The number of ether oxygens (including phenoxy) is 1. The maximum atomic E-state index is 5.73. The highest BCUT2D eigenvalue weighted by Crippen LogP contribution is 2.38. The number of benzene rings is 4. The van der Waals surface area contributed by atoms with Gasteiger partial charge in [0.15, 0.2) is 0 Å². The van der Waals surface area contributed by atoms with Gasteiger partial charge in [-0.15, -0.1) is 5.10 Å². The minimum absolute atomic E-state index is 0.0785. The molecule has 1 aliphatic rings. The molecule has 0 aliphatic carbocycles. The molecule has 2 aromatic heterocycles. The predicted octanol–water partition coefficient (Wildman–Crippen LogP) is 6.05. The van der Waals surface area contributed by atoms with Crippen LogP contribution >= 0.6 is 0 Å². The topological polar surface area (TPSA) is 48.1 Å². The molecule has 4 aromatic carbocycles. The molecule has 37 heavy (non-hydrogen) atoms. The van der Waals surface area contributed by atoms with Crippen molar-refractivity contribution in [1.82, 2.24) is 24.5 Å². The van der Waals surface area contributed by atoms with E-state index >= 15 is 0 Å². The van der Waals surface area contributed by atoms with Crippen molar-refractivity contribution in [1.29, 1.82) is 0 Å². The summed E-state index contributed by atoms with van der Waals surface area (Å²) >= 11 is 0. The van der Waals surface area contributed by atoms with Gasteiger partial charge in [0.2, 0.25) is 0 Å². The Balaban J connectivity index is 1.46. The average molecular weight is 488 g/mol. The first kappa shape index (κ1) is 22.2. The van der Waals surface area contributed by atoms with Gasteiger partial charge in [0.25, 0.3) is 0 Å². The van der Waals surface area contributed by atoms with Crippen molar-refractivity contribution in [3.8, 4) is 0 Å². The molecular weight excluding hydrogens is 458 g/mol. The van der Waals surface area contributed by atoms with Gasteiger partial charge in [-0.1, -0.05) is 84.1 Å². The van der Waals surface area contributed by atoms with Crippen LogP contribution in [0.4, 0.5) is 0 Å². The number of morpholine rings is 1. The zero-order chi connectivity index (χ0) is 24.6. The molecule has 6 heteroatoms. The summed E-state index contributed by atoms with van der Waals surface area (Å²) < 4.78 is 10.3. The third-order valence-corrected chi connectivity index (χ3v) is 7.68. The van der Waals surface area contributed by atoms with Crippen LogP contribution in [0.25, 0.3) is 32.8 Å². The van der Waals surface area contributed by atoms with Crippen molar-refractivity contribution in [2.45, 2.75) is 18.6 Å². The second-order valence-electron chi connectivity index (χ2n) is 9.72. The van der Waals surface area contributed by atoms with Crippen molar-refractivity contribution >= 4 is 32.8 Å². The molecule has 1 fully saturated rings. The SMILES string of the molecule is c1ccc([C@@H](C[C@@H](n2nnc3ccccc32)n2c3ccccc3c3ccccc32)N2CCOCC2)cc1. The van der Waals surface area contributed by atoms with Crippen molar-refractivity contribution in [3.63, 3.8) is 0 Å². The van der Waals surface area contributed by atoms with Gasteiger partial charge < -0.3 is 9.30 Å². The Kier molecular flexibility index (Phi) is 5.68. The fourth-order valence-corrected chi connectivity index (χ4v) is 5.96. The average Bonchev–Trinajstić information content (AvgIpc) is 3.55. The molecule has 2 atom stereocenters. The van der Waals surface area contributed by atoms with Gasteiger partial charge in [0.05, 0.1) is 29.8 Å². The van der Waals surface area contributed by atoms with Crippen LogP contribution in [0.2, 0.25) is 0 Å². The molecule has 0 unspecified atom stereocenters. The summed E-state index contributed by atoms with van der Waals surface area (Å²) in [7, 11) is 0. The molecule has 1 saturated heterocycles. The molecular formula is C31H29N5O. The summed E-state index contributed by atoms with van der Waals surface area (Å²) in [5.41, 5.74) is 5.70. The molecule has 1 aliphatic heterocycles. The minimum atomic E-state index is -0.0785. The Morgan fingerprint density at radius 2 is 1.27 bits per heavy atom. The molecule has 184 valence electrons. The lowest BCUT2D eigenvalue weighted by Gasteiger charge is -2.37. The van der Waals surface area contributed by atoms with Gasteiger partial charge in [0.1, 0.15) is 11.7 Å². The largest absolute Gasteiger partial charge is 0.379 e. The minimum Gasteiger partial charge on any atom is -0.379 e. The molecule has 0 N–H and O–H groups in total. The summed E-state index contributed by atoms with van der Waals surface area (Å²) in [6.07, 6.45) is 0.769. The number of hydrogen-bond acceptors (Lipinski definition) is 4. The Labute approximate surface area is 215 Å². The van der Waals surface area contributed by atoms with E-state index in [0.717, 1.165) is 43.8 Å². The summed E-state index contributed by atoms with van der Waals surface area (Å²) in [6, 6.07) is 36.8. The van der Waals surface area contributed by atoms with Crippen LogP contribution in [0, 0.1) is 0 Å². The van der Waals surface area contributed by atoms with Gasteiger partial charge in [-0.05, 0) is 29.8 Å². The molecule has 0 bridgehead atoms. The number of para-hydroxylation sites is 3. The van der Waals surface area contributed by atoms with Gasteiger partial charge in [-0.2, -0.15) is 0 Å². The van der Waals surface area contributed by atoms with E-state index in [1.54, 1.807) is 0 Å². The maximum absolute atomic E-state index is 5.73. The summed E-state index contributed by atoms with van der Waals surface area (Å²) in [4.78, 5) is 2.57. The lowest BCUT2D eigenvalue weighted by atomic mass is 9.99. The normalized spacial score (nSPS) is 16.4. The molecule has 3 heterocycles. The second kappa shape index (κ2) is 9.47. The molecule has 0 amide bonds. The van der Waals surface area contributed by atoms with Gasteiger partial charge in [0, 0.05) is 36.3 Å². The first-order valence-electron chi connectivity index (χ1n) is 13.0. The van der Waals surface area contributed by atoms with Gasteiger partial charge in [-0.3, -0.25) is 4.90 Å². The molecule has 7 rings (SSSR count). The standard InChI is InChI=1S/C31H29N5O/c1-2-10-23(11-3-1)30(34-18-20-37-21-19-34)22-31(36-29-17-9-6-14-26(29)32-33-36)35-27-15-7-4-12-24(27)25-13-5-8-16-28(25)35/h1-17,30-31H,18-22H2/t30-,31-/m1/s1. The second-order valence-corrected chi connectivity index (χ2v) is 9.72. The van der Waals surface area contributed by atoms with E-state index in [2.05, 4.69) is 110 Å². The molecule has 0 saturated carbocycles. The highest BCUT2D eigenvalue weighted by atomic mass is 16.5. The van der Waals surface area contributed by atoms with E-state index in [9.17, 15) is 0 Å². The van der Waals surface area contributed by atoms with E-state index in [1.165, 1.54) is 27.4 Å². The number of hydrogen-bond donors (Lipinski definition) is 0. The lowest BCUT2D eigenvalue weighted by Crippen LogP contribution is -2.40. The van der Waals surface area contributed by atoms with Crippen LogP contribution < -0.4 is 0 Å². The van der Waals surface area contributed by atoms with Crippen LogP contribution in [0.1, 0.15) is 24.2 Å². The van der Waals surface area contributed by atoms with Crippen LogP contribution in [0.5, 0.6) is 0 Å². The Hall–Kier alpha value is -4.00. The number of fused-ring (bicyclic) bond motifs is 4. The smallest absolute Gasteiger partial charge is 0.131 e. The van der Waals surface area contributed by atoms with E-state index < -0.39 is 0 Å². The zero-order valence-corrected chi connectivity index (χ0v) is 20.6. The third kappa shape index (κ3) is 3.89. The predicted molar refractivity (Wildman–Crippen MR) is 148 cm³/mol. The van der Waals surface area contributed by atoms with Crippen LogP contribution in [-0.2, 0) is 4.74 Å². The number of aromatic nitrogens is 4. The van der Waals surface area contributed by atoms with E-state index in [-0.39, 0.29) is 12.2 Å². The summed E-state index contributed by atoms with van der Waals surface area (Å²) in [5.74, 6) is 0. The Morgan fingerprint density at radius 1 is 0.676 bits per heavy atom. The van der Waals surface area contributed by atoms with Crippen LogP contribution in [-0.4, -0.2) is 50.8 Å². The zero-order valence-electron chi connectivity index (χ0n) is 20.6. The first-order chi connectivity index (χ1) is 18.4. The van der Waals surface area contributed by atoms with Crippen molar-refractivity contribution in [2.24, 2.45) is 0 Å². The van der Waals surface area contributed by atoms with Crippen molar-refractivity contribution in [3.05, 3.63) is 109 Å². The van der Waals surface area contributed by atoms with Crippen molar-refractivity contribution < 1.29 is 4.74 Å². The molecule has 0 spiro atoms. The van der Waals surface area contributed by atoms with Crippen LogP contribution in [0.3, 0.4) is 0 Å². The lowest BCUT2D eigenvalue weighted by molar-refractivity contribution is 0.0100. The monoisotopic (exact) mass is 487 g/mol. The maximum Gasteiger partial charge on any atom is 0.131 e. The van der Waals surface area contributed by atoms with E-state index in [4.69, 9.17) is 9.95 Å². The van der Waals surface area contributed by atoms with E-state index in [1.807, 2.05) is 12.1 Å². The van der Waals surface area contributed by atoms with Gasteiger partial charge in [-0.25, -0.2) is 4.68 Å². The number of nitrogens with zero attached hydrogens (tertiary/aromatic N) is 5. The highest BCUT2D eigenvalue weighted by Gasteiger charge is 2.30. The Morgan fingerprint density at radius 3 is 1.97 bits per heavy atom. The highest BCUT2D eigenvalue weighted by molar-refractivity contribution is 6.08. The van der Waals surface area contributed by atoms with Crippen molar-refractivity contribution in [2.75, 3.05) is 26.3 Å². The van der Waals surface area contributed by atoms with E-state index in [0.29, 0.717) is 0 Å². The molecule has 6 nitrogen and oxygen atoms in total. The summed E-state index contributed by atoms with van der Waals surface area (Å²) in [6.45, 7) is 3.35. The third-order valence-electron chi connectivity index (χ3n) is 7.68. The van der Waals surface area contributed by atoms with Gasteiger partial charge >= 0.3 is 0 Å². The molecule has 6 aromatic rings.